The molecule has 2 aromatic rings. The molecule has 0 aliphatic carbocycles. The number of rotatable bonds is 3. The minimum atomic E-state index is -0.114. The van der Waals surface area contributed by atoms with Crippen molar-refractivity contribution in [1.82, 2.24) is 0 Å². The van der Waals surface area contributed by atoms with E-state index in [1.54, 1.807) is 6.92 Å². The Morgan fingerprint density at radius 1 is 1.11 bits per heavy atom. The monoisotopic (exact) mass is 386 g/mol. The molecule has 3 heteroatoms. The summed E-state index contributed by atoms with van der Waals surface area (Å²) in [5, 5.41) is 0. The fourth-order valence-corrected chi connectivity index (χ4v) is 3.65. The van der Waals surface area contributed by atoms with E-state index in [0.29, 0.717) is 9.13 Å². The van der Waals surface area contributed by atoms with Crippen molar-refractivity contribution in [3.05, 3.63) is 62.0 Å². The summed E-state index contributed by atoms with van der Waals surface area (Å²) in [6.45, 7) is 3.86. The number of hydrogen-bond donors (Lipinski definition) is 1. The highest BCUT2D eigenvalue weighted by atomic mass is 127. The summed E-state index contributed by atoms with van der Waals surface area (Å²) < 4.78 is 14.6. The van der Waals surface area contributed by atoms with Gasteiger partial charge < -0.3 is 0 Å². The lowest BCUT2D eigenvalue weighted by atomic mass is 10.0. The van der Waals surface area contributed by atoms with Crippen LogP contribution in [0.2, 0.25) is 0 Å². The van der Waals surface area contributed by atoms with E-state index in [2.05, 4.69) is 66.4 Å². The van der Waals surface area contributed by atoms with Gasteiger partial charge in [-0.2, -0.15) is 0 Å². The Labute approximate surface area is 133 Å². The smallest absolute Gasteiger partial charge is 0.139 e. The van der Waals surface area contributed by atoms with Crippen molar-refractivity contribution < 1.29 is 4.39 Å². The Bertz CT molecular complexity index is 591. The molecule has 0 amide bonds. The third kappa shape index (κ3) is 3.51. The van der Waals surface area contributed by atoms with Crippen molar-refractivity contribution >= 4 is 35.2 Å². The minimum absolute atomic E-state index is 0.114. The number of hydrogen-bond acceptors (Lipinski definition) is 1. The summed E-state index contributed by atoms with van der Waals surface area (Å²) >= 11 is 6.56. The van der Waals surface area contributed by atoms with E-state index in [4.69, 9.17) is 0 Å². The van der Waals surface area contributed by atoms with Gasteiger partial charge >= 0.3 is 0 Å². The van der Waals surface area contributed by atoms with Gasteiger partial charge in [0.05, 0.1) is 3.57 Å². The van der Waals surface area contributed by atoms with Crippen molar-refractivity contribution in [3.63, 3.8) is 0 Å². The normalized spacial score (nSPS) is 10.8. The number of halogens is 2. The van der Waals surface area contributed by atoms with Crippen LogP contribution in [0.5, 0.6) is 0 Å². The van der Waals surface area contributed by atoms with Crippen LogP contribution in [-0.2, 0) is 12.8 Å². The van der Waals surface area contributed by atoms with Gasteiger partial charge in [0, 0.05) is 4.90 Å². The maximum absolute atomic E-state index is 13.9. The Morgan fingerprint density at radius 3 is 2.37 bits per heavy atom. The average Bonchev–Trinajstić information content (AvgIpc) is 2.38. The predicted molar refractivity (Wildman–Crippen MR) is 89.7 cm³/mol. The summed E-state index contributed by atoms with van der Waals surface area (Å²) in [6.07, 6.45) is 1.73. The Morgan fingerprint density at radius 2 is 1.74 bits per heavy atom. The molecule has 19 heavy (non-hydrogen) atoms. The van der Waals surface area contributed by atoms with Crippen LogP contribution in [0.3, 0.4) is 0 Å². The predicted octanol–water partition coefficient (Wildman–Crippen LogP) is 5.12. The van der Waals surface area contributed by atoms with Gasteiger partial charge in [0.1, 0.15) is 5.82 Å². The van der Waals surface area contributed by atoms with Gasteiger partial charge in [0.25, 0.3) is 0 Å². The molecular formula is C16H16FIS. The van der Waals surface area contributed by atoms with E-state index in [1.807, 2.05) is 6.07 Å². The quantitative estimate of drug-likeness (QED) is 0.549. The molecule has 0 radical (unpaired) electrons. The summed E-state index contributed by atoms with van der Waals surface area (Å²) in [5.74, 6) is -0.114. The summed E-state index contributed by atoms with van der Waals surface area (Å²) in [4.78, 5) is 0.885. The highest BCUT2D eigenvalue weighted by Gasteiger charge is 2.12. The third-order valence-corrected chi connectivity index (χ3v) is 4.77. The summed E-state index contributed by atoms with van der Waals surface area (Å²) in [5.41, 5.74) is 4.20. The molecule has 0 aromatic heterocycles. The number of thiol groups is 1. The van der Waals surface area contributed by atoms with Gasteiger partial charge in [-0.15, -0.1) is 12.6 Å². The van der Waals surface area contributed by atoms with Crippen molar-refractivity contribution in [1.29, 1.82) is 0 Å². The third-order valence-electron chi connectivity index (χ3n) is 3.25. The fraction of sp³-hybridized carbons (Fsp3) is 0.250. The summed E-state index contributed by atoms with van der Waals surface area (Å²) in [6, 6.07) is 10.3. The van der Waals surface area contributed by atoms with Crippen LogP contribution in [-0.4, -0.2) is 0 Å². The first kappa shape index (κ1) is 14.9. The molecular weight excluding hydrogens is 370 g/mol. The molecule has 0 spiro atoms. The van der Waals surface area contributed by atoms with Crippen molar-refractivity contribution in [3.8, 4) is 0 Å². The second-order valence-electron chi connectivity index (χ2n) is 4.80. The van der Waals surface area contributed by atoms with Crippen molar-refractivity contribution in [2.75, 3.05) is 0 Å². The first-order valence-electron chi connectivity index (χ1n) is 6.21. The molecule has 0 aliphatic heterocycles. The number of aryl methyl sites for hydroxylation is 3. The molecule has 0 nitrogen and oxygen atoms in total. The molecule has 0 N–H and O–H groups in total. The van der Waals surface area contributed by atoms with Gasteiger partial charge in [-0.25, -0.2) is 4.39 Å². The molecule has 0 fully saturated rings. The second kappa shape index (κ2) is 6.27. The zero-order chi connectivity index (χ0) is 14.0. The zero-order valence-corrected chi connectivity index (χ0v) is 14.1. The molecule has 0 saturated carbocycles. The Balaban J connectivity index is 2.20. The van der Waals surface area contributed by atoms with Gasteiger partial charge in [0.2, 0.25) is 0 Å². The van der Waals surface area contributed by atoms with E-state index < -0.39 is 0 Å². The van der Waals surface area contributed by atoms with E-state index in [0.717, 1.165) is 23.3 Å². The van der Waals surface area contributed by atoms with Gasteiger partial charge in [-0.05, 0) is 72.0 Å². The second-order valence-corrected chi connectivity index (χ2v) is 6.37. The van der Waals surface area contributed by atoms with Crippen molar-refractivity contribution in [2.45, 2.75) is 31.6 Å². The van der Waals surface area contributed by atoms with Crippen LogP contribution < -0.4 is 0 Å². The van der Waals surface area contributed by atoms with Gasteiger partial charge in [0.15, 0.2) is 0 Å². The van der Waals surface area contributed by atoms with E-state index in [-0.39, 0.29) is 5.82 Å². The highest BCUT2D eigenvalue weighted by molar-refractivity contribution is 14.1. The molecule has 0 unspecified atom stereocenters. The molecule has 0 aliphatic rings. The molecule has 100 valence electrons. The largest absolute Gasteiger partial charge is 0.206 e. The van der Waals surface area contributed by atoms with Crippen LogP contribution in [0, 0.1) is 23.2 Å². The van der Waals surface area contributed by atoms with Crippen molar-refractivity contribution in [2.24, 2.45) is 0 Å². The van der Waals surface area contributed by atoms with E-state index >= 15 is 0 Å². The maximum Gasteiger partial charge on any atom is 0.139 e. The van der Waals surface area contributed by atoms with Crippen LogP contribution in [0.4, 0.5) is 4.39 Å². The fourth-order valence-electron chi connectivity index (χ4n) is 2.04. The lowest BCUT2D eigenvalue weighted by molar-refractivity contribution is 0.605. The maximum atomic E-state index is 13.9. The Hall–Kier alpha value is -0.550. The van der Waals surface area contributed by atoms with Crippen LogP contribution in [0.1, 0.15) is 22.3 Å². The summed E-state index contributed by atoms with van der Waals surface area (Å²) in [7, 11) is 0. The lowest BCUT2D eigenvalue weighted by Crippen LogP contribution is -2.00. The molecule has 2 aromatic carbocycles. The van der Waals surface area contributed by atoms with Gasteiger partial charge in [-0.1, -0.05) is 29.8 Å². The zero-order valence-electron chi connectivity index (χ0n) is 11.0. The van der Waals surface area contributed by atoms with Crippen LogP contribution in [0.15, 0.2) is 35.2 Å². The molecule has 0 heterocycles. The standard InChI is InChI=1S/C16H16FIS/c1-10-3-5-12(6-4-10)7-8-13-14(19)9-11(2)15(17)16(13)18/h3-6,9,19H,7-8H2,1-2H3. The van der Waals surface area contributed by atoms with E-state index in [9.17, 15) is 4.39 Å². The minimum Gasteiger partial charge on any atom is -0.206 e. The first-order valence-corrected chi connectivity index (χ1v) is 7.73. The van der Waals surface area contributed by atoms with Gasteiger partial charge in [-0.3, -0.25) is 0 Å². The average molecular weight is 386 g/mol. The van der Waals surface area contributed by atoms with Crippen LogP contribution >= 0.6 is 35.2 Å². The SMILES string of the molecule is Cc1ccc(CCc2c(S)cc(C)c(F)c2I)cc1. The first-order chi connectivity index (χ1) is 8.99. The molecule has 0 bridgehead atoms. The number of benzene rings is 2. The lowest BCUT2D eigenvalue weighted by Gasteiger charge is -2.11. The Kier molecular flexibility index (Phi) is 4.90. The molecule has 2 rings (SSSR count). The molecule has 0 saturated heterocycles. The van der Waals surface area contributed by atoms with Crippen LogP contribution in [0.25, 0.3) is 0 Å². The highest BCUT2D eigenvalue weighted by Crippen LogP contribution is 2.27. The topological polar surface area (TPSA) is 0 Å². The molecule has 0 atom stereocenters. The van der Waals surface area contributed by atoms with E-state index in [1.165, 1.54) is 11.1 Å².